The van der Waals surface area contributed by atoms with Crippen LogP contribution in [0.3, 0.4) is 0 Å². The van der Waals surface area contributed by atoms with Gasteiger partial charge in [-0.05, 0) is 55.5 Å². The molecule has 2 rings (SSSR count). The summed E-state index contributed by atoms with van der Waals surface area (Å²) in [5, 5.41) is 2.62. The van der Waals surface area contributed by atoms with Crippen molar-refractivity contribution in [2.45, 2.75) is 29.6 Å². The third-order valence-electron chi connectivity index (χ3n) is 3.34. The molecule has 0 aromatic heterocycles. The summed E-state index contributed by atoms with van der Waals surface area (Å²) < 4.78 is 25.0. The van der Waals surface area contributed by atoms with Crippen LogP contribution in [-0.4, -0.2) is 20.1 Å². The van der Waals surface area contributed by atoms with Crippen LogP contribution in [0.1, 0.15) is 19.8 Å². The van der Waals surface area contributed by atoms with E-state index in [1.807, 2.05) is 0 Å². The number of benzene rings is 2. The number of sulfone groups is 1. The highest BCUT2D eigenvalue weighted by Gasteiger charge is 2.17. The van der Waals surface area contributed by atoms with E-state index in [1.165, 1.54) is 55.5 Å². The van der Waals surface area contributed by atoms with Crippen LogP contribution >= 0.6 is 0 Å². The lowest BCUT2D eigenvalue weighted by Crippen LogP contribution is -2.12. The number of Topliss-reactive ketones (excluding diaryl/α,β-unsaturated/α-hetero) is 1. The summed E-state index contributed by atoms with van der Waals surface area (Å²) in [4.78, 5) is 22.8. The summed E-state index contributed by atoms with van der Waals surface area (Å²) in [7, 11) is -3.64. The van der Waals surface area contributed by atoms with E-state index in [9.17, 15) is 18.0 Å². The molecule has 24 heavy (non-hydrogen) atoms. The second-order valence-electron chi connectivity index (χ2n) is 5.35. The van der Waals surface area contributed by atoms with Gasteiger partial charge in [0.25, 0.3) is 0 Å². The Hall–Kier alpha value is -2.67. The number of hydrogen-bond acceptors (Lipinski definition) is 5. The highest BCUT2D eigenvalue weighted by molar-refractivity contribution is 7.91. The number of anilines is 2. The van der Waals surface area contributed by atoms with E-state index in [-0.39, 0.29) is 34.3 Å². The van der Waals surface area contributed by atoms with E-state index >= 15 is 0 Å². The zero-order chi connectivity index (χ0) is 17.7. The number of nitrogens with two attached hydrogens (primary N) is 1. The zero-order valence-electron chi connectivity index (χ0n) is 13.2. The molecule has 0 spiro atoms. The lowest BCUT2D eigenvalue weighted by Gasteiger charge is -2.08. The molecule has 0 aliphatic rings. The van der Waals surface area contributed by atoms with E-state index in [1.54, 1.807) is 0 Å². The van der Waals surface area contributed by atoms with Crippen molar-refractivity contribution < 1.29 is 18.0 Å². The number of amides is 1. The van der Waals surface area contributed by atoms with Crippen LogP contribution in [0.5, 0.6) is 0 Å². The normalized spacial score (nSPS) is 11.0. The van der Waals surface area contributed by atoms with Crippen molar-refractivity contribution in [1.29, 1.82) is 0 Å². The molecule has 0 atom stereocenters. The van der Waals surface area contributed by atoms with Crippen LogP contribution < -0.4 is 11.1 Å². The van der Waals surface area contributed by atoms with Gasteiger partial charge >= 0.3 is 0 Å². The maximum atomic E-state index is 12.5. The van der Waals surface area contributed by atoms with Crippen molar-refractivity contribution in [3.05, 3.63) is 48.5 Å². The smallest absolute Gasteiger partial charge is 0.224 e. The molecular weight excluding hydrogens is 328 g/mol. The minimum absolute atomic E-state index is 0.0601. The van der Waals surface area contributed by atoms with Crippen LogP contribution in [0.4, 0.5) is 11.4 Å². The van der Waals surface area contributed by atoms with Gasteiger partial charge < -0.3 is 15.8 Å². The molecule has 1 amide bonds. The Kier molecular flexibility index (Phi) is 5.35. The van der Waals surface area contributed by atoms with Crippen LogP contribution in [0.25, 0.3) is 0 Å². The number of carbonyl (C=O) groups is 2. The standard InChI is InChI=1S/C17H18N2O4S/c1-12(20)2-11-17(21)19-14-5-9-16(10-6-14)24(22,23)15-7-3-13(18)4-8-15/h3-10H,2,11,18H2,1H3,(H,19,21). The van der Waals surface area contributed by atoms with Gasteiger partial charge in [0.1, 0.15) is 5.78 Å². The summed E-state index contributed by atoms with van der Waals surface area (Å²) in [5.74, 6) is -0.352. The van der Waals surface area contributed by atoms with Crippen molar-refractivity contribution in [3.8, 4) is 0 Å². The Balaban J connectivity index is 2.12. The summed E-state index contributed by atoms with van der Waals surface area (Å²) in [5.41, 5.74) is 6.52. The zero-order valence-corrected chi connectivity index (χ0v) is 14.0. The molecule has 0 aliphatic heterocycles. The van der Waals surface area contributed by atoms with Crippen LogP contribution in [0.15, 0.2) is 58.3 Å². The van der Waals surface area contributed by atoms with Gasteiger partial charge in [-0.3, -0.25) is 4.79 Å². The summed E-state index contributed by atoms with van der Waals surface area (Å²) in [6.07, 6.45) is 0.274. The average molecular weight is 346 g/mol. The highest BCUT2D eigenvalue weighted by Crippen LogP contribution is 2.23. The van der Waals surface area contributed by atoms with E-state index in [0.29, 0.717) is 11.4 Å². The molecule has 7 heteroatoms. The first-order valence-corrected chi connectivity index (χ1v) is 8.77. The van der Waals surface area contributed by atoms with Gasteiger partial charge in [-0.2, -0.15) is 0 Å². The predicted molar refractivity (Wildman–Crippen MR) is 91.3 cm³/mol. The number of nitrogens with one attached hydrogen (secondary N) is 1. The maximum absolute atomic E-state index is 12.5. The Bertz CT molecular complexity index is 841. The fourth-order valence-corrected chi connectivity index (χ4v) is 3.27. The summed E-state index contributed by atoms with van der Waals surface area (Å²) >= 11 is 0. The second kappa shape index (κ2) is 7.27. The first-order valence-electron chi connectivity index (χ1n) is 7.29. The van der Waals surface area contributed by atoms with Crippen molar-refractivity contribution in [1.82, 2.24) is 0 Å². The highest BCUT2D eigenvalue weighted by atomic mass is 32.2. The van der Waals surface area contributed by atoms with Crippen molar-refractivity contribution >= 4 is 32.9 Å². The van der Waals surface area contributed by atoms with Gasteiger partial charge in [0.15, 0.2) is 0 Å². The third kappa shape index (κ3) is 4.42. The topological polar surface area (TPSA) is 106 Å². The minimum atomic E-state index is -3.64. The SMILES string of the molecule is CC(=O)CCC(=O)Nc1ccc(S(=O)(=O)c2ccc(N)cc2)cc1. The molecule has 0 heterocycles. The van der Waals surface area contributed by atoms with Crippen LogP contribution in [-0.2, 0) is 19.4 Å². The molecule has 0 saturated carbocycles. The van der Waals surface area contributed by atoms with E-state index in [4.69, 9.17) is 5.73 Å². The number of ketones is 1. The number of carbonyl (C=O) groups excluding carboxylic acids is 2. The van der Waals surface area contributed by atoms with Crippen molar-refractivity contribution in [2.24, 2.45) is 0 Å². The summed E-state index contributed by atoms with van der Waals surface area (Å²) in [6.45, 7) is 1.42. The monoisotopic (exact) mass is 346 g/mol. The Labute approximate surface area is 140 Å². The Morgan fingerprint density at radius 2 is 1.42 bits per heavy atom. The van der Waals surface area contributed by atoms with Gasteiger partial charge in [0.05, 0.1) is 9.79 Å². The second-order valence-corrected chi connectivity index (χ2v) is 7.30. The van der Waals surface area contributed by atoms with Gasteiger partial charge in [0.2, 0.25) is 15.7 Å². The third-order valence-corrected chi connectivity index (χ3v) is 5.13. The van der Waals surface area contributed by atoms with Crippen LogP contribution in [0, 0.1) is 0 Å². The molecule has 0 unspecified atom stereocenters. The lowest BCUT2D eigenvalue weighted by atomic mass is 10.2. The number of hydrogen-bond donors (Lipinski definition) is 2. The first-order chi connectivity index (χ1) is 11.3. The van der Waals surface area contributed by atoms with E-state index in [0.717, 1.165) is 0 Å². The van der Waals surface area contributed by atoms with Gasteiger partial charge in [0, 0.05) is 24.2 Å². The molecule has 2 aromatic rings. The number of rotatable bonds is 6. The fourth-order valence-electron chi connectivity index (χ4n) is 2.01. The molecule has 0 bridgehead atoms. The molecule has 3 N–H and O–H groups in total. The molecule has 0 saturated heterocycles. The fraction of sp³-hybridized carbons (Fsp3) is 0.176. The lowest BCUT2D eigenvalue weighted by molar-refractivity contribution is -0.121. The molecule has 126 valence electrons. The molecule has 0 aliphatic carbocycles. The first kappa shape index (κ1) is 17.7. The molecule has 0 radical (unpaired) electrons. The number of nitrogen functional groups attached to an aromatic ring is 1. The Morgan fingerprint density at radius 3 is 1.92 bits per heavy atom. The largest absolute Gasteiger partial charge is 0.399 e. The van der Waals surface area contributed by atoms with Crippen molar-refractivity contribution in [2.75, 3.05) is 11.1 Å². The molecular formula is C17H18N2O4S. The quantitative estimate of drug-likeness (QED) is 0.781. The van der Waals surface area contributed by atoms with Gasteiger partial charge in [-0.25, -0.2) is 8.42 Å². The van der Waals surface area contributed by atoms with Gasteiger partial charge in [-0.1, -0.05) is 0 Å². The molecule has 2 aromatic carbocycles. The predicted octanol–water partition coefficient (Wildman–Crippen LogP) is 2.41. The summed E-state index contributed by atoms with van der Waals surface area (Å²) in [6, 6.07) is 11.8. The Morgan fingerprint density at radius 1 is 0.917 bits per heavy atom. The average Bonchev–Trinajstić information content (AvgIpc) is 2.54. The van der Waals surface area contributed by atoms with E-state index < -0.39 is 9.84 Å². The molecule has 6 nitrogen and oxygen atoms in total. The minimum Gasteiger partial charge on any atom is -0.399 e. The maximum Gasteiger partial charge on any atom is 0.224 e. The molecule has 0 fully saturated rings. The van der Waals surface area contributed by atoms with Crippen molar-refractivity contribution in [3.63, 3.8) is 0 Å². The van der Waals surface area contributed by atoms with Crippen LogP contribution in [0.2, 0.25) is 0 Å². The van der Waals surface area contributed by atoms with Gasteiger partial charge in [-0.15, -0.1) is 0 Å². The van der Waals surface area contributed by atoms with E-state index in [2.05, 4.69) is 5.32 Å².